The van der Waals surface area contributed by atoms with Crippen molar-refractivity contribution < 1.29 is 31.8 Å². The number of hydrogen-bond acceptors (Lipinski definition) is 3. The molecule has 0 atom stereocenters. The molecule has 2 rings (SSSR count). The summed E-state index contributed by atoms with van der Waals surface area (Å²) < 4.78 is 60.3. The van der Waals surface area contributed by atoms with E-state index in [0.29, 0.717) is 5.75 Å². The van der Waals surface area contributed by atoms with Crippen LogP contribution >= 0.6 is 0 Å². The van der Waals surface area contributed by atoms with Gasteiger partial charge in [-0.25, -0.2) is 8.78 Å². The number of carbonyl (C=O) groups excluding carboxylic acids is 1. The Labute approximate surface area is 141 Å². The molecule has 0 heterocycles. The lowest BCUT2D eigenvalue weighted by molar-refractivity contribution is -0.148. The third kappa shape index (κ3) is 4.62. The highest BCUT2D eigenvalue weighted by molar-refractivity contribution is 6.06. The van der Waals surface area contributed by atoms with Crippen LogP contribution in [-0.2, 0) is 0 Å². The largest absolute Gasteiger partial charge is 0.496 e. The summed E-state index contributed by atoms with van der Waals surface area (Å²) in [6.45, 7) is -1.51. The molecule has 0 spiro atoms. The van der Waals surface area contributed by atoms with Crippen molar-refractivity contribution in [2.24, 2.45) is 0 Å². The van der Waals surface area contributed by atoms with Crippen molar-refractivity contribution >= 4 is 11.6 Å². The van der Waals surface area contributed by atoms with E-state index >= 15 is 0 Å². The minimum Gasteiger partial charge on any atom is -0.496 e. The number of hydrogen-bond donors (Lipinski definition) is 1. The van der Waals surface area contributed by atoms with Crippen LogP contribution in [0.25, 0.3) is 0 Å². The van der Waals surface area contributed by atoms with Crippen molar-refractivity contribution in [2.75, 3.05) is 19.0 Å². The lowest BCUT2D eigenvalue weighted by atomic mass is 10.2. The molecule has 0 aromatic heterocycles. The quantitative estimate of drug-likeness (QED) is 0.755. The van der Waals surface area contributed by atoms with Gasteiger partial charge in [0.05, 0.1) is 18.4 Å². The van der Waals surface area contributed by atoms with Gasteiger partial charge in [-0.15, -0.1) is 0 Å². The third-order valence-electron chi connectivity index (χ3n) is 3.23. The molecule has 4 nitrogen and oxygen atoms in total. The zero-order valence-electron chi connectivity index (χ0n) is 13.1. The molecule has 1 amide bonds. The summed E-state index contributed by atoms with van der Waals surface area (Å²) in [6, 6.07) is 12.1. The Bertz CT molecular complexity index is 737. The first-order chi connectivity index (χ1) is 11.8. The Hall–Kier alpha value is -2.77. The first-order valence-electron chi connectivity index (χ1n) is 7.17. The van der Waals surface area contributed by atoms with Gasteiger partial charge in [0, 0.05) is 0 Å². The summed E-state index contributed by atoms with van der Waals surface area (Å²) in [7, 11) is 1.40. The second-order valence-corrected chi connectivity index (χ2v) is 5.00. The topological polar surface area (TPSA) is 47.6 Å². The lowest BCUT2D eigenvalue weighted by Crippen LogP contribution is -2.33. The Morgan fingerprint density at radius 3 is 2.32 bits per heavy atom. The molecule has 2 aromatic carbocycles. The summed E-state index contributed by atoms with van der Waals surface area (Å²) in [5, 5.41) is 2.49. The van der Waals surface area contributed by atoms with Gasteiger partial charge < -0.3 is 14.8 Å². The van der Waals surface area contributed by atoms with Gasteiger partial charge in [-0.05, 0) is 24.3 Å². The number of ether oxygens (including phenoxy) is 2. The monoisotopic (exact) mass is 357 g/mol. The van der Waals surface area contributed by atoms with Crippen LogP contribution in [0, 0.1) is 0 Å². The van der Waals surface area contributed by atoms with E-state index in [-0.39, 0.29) is 17.0 Å². The molecule has 25 heavy (non-hydrogen) atoms. The van der Waals surface area contributed by atoms with Gasteiger partial charge in [0.15, 0.2) is 6.61 Å². The molecule has 0 aliphatic heterocycles. The lowest BCUT2D eigenvalue weighted by Gasteiger charge is -2.18. The number of carbonyl (C=O) groups is 1. The van der Waals surface area contributed by atoms with Crippen LogP contribution in [0.5, 0.6) is 11.5 Å². The molecule has 0 saturated heterocycles. The molecule has 0 bridgehead atoms. The van der Waals surface area contributed by atoms with Gasteiger partial charge in [-0.2, -0.15) is 8.78 Å². The van der Waals surface area contributed by atoms with E-state index in [9.17, 15) is 22.4 Å². The van der Waals surface area contributed by atoms with Crippen molar-refractivity contribution in [3.63, 3.8) is 0 Å². The maximum absolute atomic E-state index is 13.0. The zero-order valence-corrected chi connectivity index (χ0v) is 13.1. The number of amides is 1. The molecular formula is C17H15F4NO3. The van der Waals surface area contributed by atoms with Gasteiger partial charge in [0.1, 0.15) is 11.5 Å². The molecule has 0 radical (unpaired) electrons. The van der Waals surface area contributed by atoms with Crippen LogP contribution in [0.1, 0.15) is 10.4 Å². The fraction of sp³-hybridized carbons (Fsp3) is 0.235. The molecule has 0 unspecified atom stereocenters. The van der Waals surface area contributed by atoms with Gasteiger partial charge in [0.25, 0.3) is 5.91 Å². The van der Waals surface area contributed by atoms with Gasteiger partial charge >= 0.3 is 12.3 Å². The van der Waals surface area contributed by atoms with E-state index in [1.54, 1.807) is 18.2 Å². The Balaban J connectivity index is 2.16. The van der Waals surface area contributed by atoms with E-state index in [4.69, 9.17) is 9.47 Å². The average molecular weight is 357 g/mol. The second kappa shape index (κ2) is 7.87. The van der Waals surface area contributed by atoms with Crippen molar-refractivity contribution in [1.82, 2.24) is 0 Å². The molecular weight excluding hydrogens is 342 g/mol. The van der Waals surface area contributed by atoms with E-state index < -0.39 is 24.9 Å². The molecule has 0 aliphatic carbocycles. The van der Waals surface area contributed by atoms with Crippen LogP contribution in [0.4, 0.5) is 23.2 Å². The highest BCUT2D eigenvalue weighted by atomic mass is 19.3. The van der Waals surface area contributed by atoms with Crippen LogP contribution < -0.4 is 14.8 Å². The summed E-state index contributed by atoms with van der Waals surface area (Å²) in [4.78, 5) is 12.3. The van der Waals surface area contributed by atoms with E-state index in [0.717, 1.165) is 0 Å². The van der Waals surface area contributed by atoms with Crippen LogP contribution in [0.2, 0.25) is 0 Å². The third-order valence-corrected chi connectivity index (χ3v) is 3.23. The predicted octanol–water partition coefficient (Wildman–Crippen LogP) is 4.23. The highest BCUT2D eigenvalue weighted by Gasteiger charge is 2.41. The number of benzene rings is 2. The minimum atomic E-state index is -4.29. The standard InChI is InChI=1S/C17H15F4NO3/c1-24-13-8-4-2-6-11(13)15(23)22-12-7-3-5-9-14(12)25-10-17(20,21)16(18)19/h2-9,16H,10H2,1H3,(H,22,23). The summed E-state index contributed by atoms with van der Waals surface area (Å²) in [5.74, 6) is -4.68. The first kappa shape index (κ1) is 18.6. The van der Waals surface area contributed by atoms with Crippen LogP contribution in [0.15, 0.2) is 48.5 Å². The Morgan fingerprint density at radius 2 is 1.68 bits per heavy atom. The van der Waals surface area contributed by atoms with Crippen molar-refractivity contribution in [3.8, 4) is 11.5 Å². The smallest absolute Gasteiger partial charge is 0.340 e. The molecule has 1 N–H and O–H groups in total. The highest BCUT2D eigenvalue weighted by Crippen LogP contribution is 2.29. The fourth-order valence-electron chi connectivity index (χ4n) is 1.95. The van der Waals surface area contributed by atoms with Crippen LogP contribution in [-0.4, -0.2) is 32.0 Å². The molecule has 0 saturated carbocycles. The number of anilines is 1. The molecule has 0 aliphatic rings. The maximum Gasteiger partial charge on any atom is 0.340 e. The van der Waals surface area contributed by atoms with Gasteiger partial charge in [-0.3, -0.25) is 4.79 Å². The zero-order chi connectivity index (χ0) is 18.4. The molecule has 0 fully saturated rings. The first-order valence-corrected chi connectivity index (χ1v) is 7.17. The van der Waals surface area contributed by atoms with Gasteiger partial charge in [-0.1, -0.05) is 24.3 Å². The summed E-state index contributed by atoms with van der Waals surface area (Å²) in [6.07, 6.45) is -3.84. The van der Waals surface area contributed by atoms with E-state index in [1.165, 1.54) is 37.4 Å². The number of halogens is 4. The van der Waals surface area contributed by atoms with Crippen molar-refractivity contribution in [3.05, 3.63) is 54.1 Å². The Kier molecular flexibility index (Phi) is 5.84. The van der Waals surface area contributed by atoms with Crippen molar-refractivity contribution in [2.45, 2.75) is 12.3 Å². The van der Waals surface area contributed by atoms with E-state index in [1.807, 2.05) is 0 Å². The van der Waals surface area contributed by atoms with Gasteiger partial charge in [0.2, 0.25) is 0 Å². The van der Waals surface area contributed by atoms with Crippen LogP contribution in [0.3, 0.4) is 0 Å². The molecule has 8 heteroatoms. The number of alkyl halides is 4. The van der Waals surface area contributed by atoms with E-state index in [2.05, 4.69) is 5.32 Å². The SMILES string of the molecule is COc1ccccc1C(=O)Nc1ccccc1OCC(F)(F)C(F)F. The fourth-order valence-corrected chi connectivity index (χ4v) is 1.95. The summed E-state index contributed by atoms with van der Waals surface area (Å²) in [5.41, 5.74) is 0.293. The predicted molar refractivity (Wildman–Crippen MR) is 83.8 cm³/mol. The number of rotatable bonds is 7. The second-order valence-electron chi connectivity index (χ2n) is 5.00. The number of methoxy groups -OCH3 is 1. The molecule has 2 aromatic rings. The number of para-hydroxylation sites is 3. The minimum absolute atomic E-state index is 0.0727. The normalized spacial score (nSPS) is 11.3. The molecule has 134 valence electrons. The summed E-state index contributed by atoms with van der Waals surface area (Å²) >= 11 is 0. The number of nitrogens with one attached hydrogen (secondary N) is 1. The average Bonchev–Trinajstić information content (AvgIpc) is 2.60. The maximum atomic E-state index is 13.0. The van der Waals surface area contributed by atoms with Crippen molar-refractivity contribution in [1.29, 1.82) is 0 Å². The Morgan fingerprint density at radius 1 is 1.08 bits per heavy atom.